The maximum absolute atomic E-state index is 12.3. The highest BCUT2D eigenvalue weighted by molar-refractivity contribution is 7.92. The first-order valence-electron chi connectivity index (χ1n) is 6.40. The summed E-state index contributed by atoms with van der Waals surface area (Å²) in [5, 5.41) is 0. The molecular formula is C15H18N2O2S. The van der Waals surface area contributed by atoms with Gasteiger partial charge in [0.2, 0.25) is 0 Å². The molecule has 20 heavy (non-hydrogen) atoms. The maximum Gasteiger partial charge on any atom is 0.261 e. The van der Waals surface area contributed by atoms with Gasteiger partial charge < -0.3 is 5.73 Å². The van der Waals surface area contributed by atoms with Gasteiger partial charge in [0.25, 0.3) is 10.0 Å². The minimum Gasteiger partial charge on any atom is -0.399 e. The van der Waals surface area contributed by atoms with E-state index in [1.165, 1.54) is 0 Å². The zero-order valence-corrected chi connectivity index (χ0v) is 12.4. The van der Waals surface area contributed by atoms with Crippen molar-refractivity contribution in [3.8, 4) is 0 Å². The minimum atomic E-state index is -3.58. The minimum absolute atomic E-state index is 0.247. The van der Waals surface area contributed by atoms with Crippen LogP contribution in [-0.2, 0) is 16.4 Å². The molecule has 0 fully saturated rings. The van der Waals surface area contributed by atoms with E-state index in [4.69, 9.17) is 5.73 Å². The zero-order valence-electron chi connectivity index (χ0n) is 11.6. The van der Waals surface area contributed by atoms with Crippen LogP contribution < -0.4 is 10.5 Å². The van der Waals surface area contributed by atoms with Gasteiger partial charge in [-0.05, 0) is 48.7 Å². The van der Waals surface area contributed by atoms with Crippen LogP contribution in [0.25, 0.3) is 0 Å². The van der Waals surface area contributed by atoms with Crippen LogP contribution in [0.4, 0.5) is 11.4 Å². The summed E-state index contributed by atoms with van der Waals surface area (Å²) in [4.78, 5) is 0.247. The SMILES string of the molecule is CCc1ccc(S(=O)(=O)Nc2cc(N)ccc2C)cc1. The summed E-state index contributed by atoms with van der Waals surface area (Å²) in [7, 11) is -3.58. The molecule has 0 aromatic heterocycles. The summed E-state index contributed by atoms with van der Waals surface area (Å²) in [6.45, 7) is 3.86. The summed E-state index contributed by atoms with van der Waals surface area (Å²) in [6, 6.07) is 12.0. The lowest BCUT2D eigenvalue weighted by molar-refractivity contribution is 0.601. The normalized spacial score (nSPS) is 11.3. The molecule has 0 aliphatic rings. The number of hydrogen-bond acceptors (Lipinski definition) is 3. The van der Waals surface area contributed by atoms with E-state index in [9.17, 15) is 8.42 Å². The molecule has 0 heterocycles. The molecule has 0 amide bonds. The molecule has 0 aliphatic heterocycles. The molecule has 0 spiro atoms. The van der Waals surface area contributed by atoms with Crippen molar-refractivity contribution in [2.24, 2.45) is 0 Å². The third-order valence-electron chi connectivity index (χ3n) is 3.15. The third-order valence-corrected chi connectivity index (χ3v) is 4.53. The lowest BCUT2D eigenvalue weighted by atomic mass is 10.2. The quantitative estimate of drug-likeness (QED) is 0.850. The van der Waals surface area contributed by atoms with Gasteiger partial charge in [0, 0.05) is 5.69 Å². The summed E-state index contributed by atoms with van der Waals surface area (Å²) < 4.78 is 27.2. The Morgan fingerprint density at radius 3 is 2.35 bits per heavy atom. The van der Waals surface area contributed by atoms with Gasteiger partial charge in [0.15, 0.2) is 0 Å². The van der Waals surface area contributed by atoms with Crippen molar-refractivity contribution in [1.29, 1.82) is 0 Å². The van der Waals surface area contributed by atoms with Gasteiger partial charge in [-0.1, -0.05) is 25.1 Å². The maximum atomic E-state index is 12.3. The fourth-order valence-electron chi connectivity index (χ4n) is 1.86. The van der Waals surface area contributed by atoms with Crippen molar-refractivity contribution in [3.05, 3.63) is 53.6 Å². The standard InChI is InChI=1S/C15H18N2O2S/c1-3-12-5-8-14(9-6-12)20(18,19)17-15-10-13(16)7-4-11(15)2/h4-10,17H,3,16H2,1-2H3. The van der Waals surface area contributed by atoms with Gasteiger partial charge in [-0.15, -0.1) is 0 Å². The first kappa shape index (κ1) is 14.4. The fraction of sp³-hybridized carbons (Fsp3) is 0.200. The van der Waals surface area contributed by atoms with Gasteiger partial charge in [0.05, 0.1) is 10.6 Å². The monoisotopic (exact) mass is 290 g/mol. The average Bonchev–Trinajstić information content (AvgIpc) is 2.43. The molecule has 0 bridgehead atoms. The Kier molecular flexibility index (Phi) is 3.99. The van der Waals surface area contributed by atoms with Crippen LogP contribution >= 0.6 is 0 Å². The number of nitrogens with one attached hydrogen (secondary N) is 1. The van der Waals surface area contributed by atoms with E-state index in [-0.39, 0.29) is 4.90 Å². The largest absolute Gasteiger partial charge is 0.399 e. The molecule has 3 N–H and O–H groups in total. The van der Waals surface area contributed by atoms with Crippen molar-refractivity contribution in [1.82, 2.24) is 0 Å². The van der Waals surface area contributed by atoms with E-state index in [2.05, 4.69) is 4.72 Å². The predicted octanol–water partition coefficient (Wildman–Crippen LogP) is 2.94. The number of rotatable bonds is 4. The van der Waals surface area contributed by atoms with E-state index in [1.807, 2.05) is 26.0 Å². The highest BCUT2D eigenvalue weighted by Gasteiger charge is 2.15. The van der Waals surface area contributed by atoms with Crippen LogP contribution in [-0.4, -0.2) is 8.42 Å². The van der Waals surface area contributed by atoms with Crippen molar-refractivity contribution in [2.75, 3.05) is 10.5 Å². The highest BCUT2D eigenvalue weighted by atomic mass is 32.2. The topological polar surface area (TPSA) is 72.2 Å². The van der Waals surface area contributed by atoms with E-state index in [1.54, 1.807) is 30.3 Å². The number of hydrogen-bond donors (Lipinski definition) is 2. The van der Waals surface area contributed by atoms with E-state index < -0.39 is 10.0 Å². The number of aryl methyl sites for hydroxylation is 2. The van der Waals surface area contributed by atoms with Crippen LogP contribution in [0.15, 0.2) is 47.4 Å². The Morgan fingerprint density at radius 2 is 1.75 bits per heavy atom. The zero-order chi connectivity index (χ0) is 14.8. The second-order valence-electron chi connectivity index (χ2n) is 4.68. The summed E-state index contributed by atoms with van der Waals surface area (Å²) >= 11 is 0. The van der Waals surface area contributed by atoms with Gasteiger partial charge in [0.1, 0.15) is 0 Å². The summed E-state index contributed by atoms with van der Waals surface area (Å²) in [5.41, 5.74) is 8.64. The van der Waals surface area contributed by atoms with Crippen LogP contribution in [0.3, 0.4) is 0 Å². The Hall–Kier alpha value is -2.01. The Bertz CT molecular complexity index is 707. The van der Waals surface area contributed by atoms with Gasteiger partial charge in [-0.2, -0.15) is 0 Å². The van der Waals surface area contributed by atoms with Crippen molar-refractivity contribution >= 4 is 21.4 Å². The Balaban J connectivity index is 2.32. The fourth-order valence-corrected chi connectivity index (χ4v) is 2.98. The van der Waals surface area contributed by atoms with E-state index in [0.717, 1.165) is 17.5 Å². The van der Waals surface area contributed by atoms with Crippen LogP contribution in [0.1, 0.15) is 18.1 Å². The van der Waals surface area contributed by atoms with Crippen LogP contribution in [0.2, 0.25) is 0 Å². The van der Waals surface area contributed by atoms with E-state index >= 15 is 0 Å². The molecule has 0 radical (unpaired) electrons. The third kappa shape index (κ3) is 3.11. The highest BCUT2D eigenvalue weighted by Crippen LogP contribution is 2.22. The molecule has 0 aliphatic carbocycles. The summed E-state index contributed by atoms with van der Waals surface area (Å²) in [5.74, 6) is 0. The average molecular weight is 290 g/mol. The number of nitrogen functional groups attached to an aromatic ring is 1. The van der Waals surface area contributed by atoms with Gasteiger partial charge >= 0.3 is 0 Å². The molecular weight excluding hydrogens is 272 g/mol. The molecule has 2 rings (SSSR count). The van der Waals surface area contributed by atoms with Crippen LogP contribution in [0, 0.1) is 6.92 Å². The van der Waals surface area contributed by atoms with Gasteiger partial charge in [-0.25, -0.2) is 8.42 Å². The summed E-state index contributed by atoms with van der Waals surface area (Å²) in [6.07, 6.45) is 0.877. The number of nitrogens with two attached hydrogens (primary N) is 1. The molecule has 0 unspecified atom stereocenters. The molecule has 2 aromatic carbocycles. The molecule has 2 aromatic rings. The first-order valence-corrected chi connectivity index (χ1v) is 7.88. The smallest absolute Gasteiger partial charge is 0.261 e. The second kappa shape index (κ2) is 5.54. The van der Waals surface area contributed by atoms with Crippen molar-refractivity contribution < 1.29 is 8.42 Å². The molecule has 0 atom stereocenters. The predicted molar refractivity (Wildman–Crippen MR) is 82.2 cm³/mol. The number of sulfonamides is 1. The van der Waals surface area contributed by atoms with Crippen molar-refractivity contribution in [2.45, 2.75) is 25.2 Å². The Morgan fingerprint density at radius 1 is 1.10 bits per heavy atom. The molecule has 4 nitrogen and oxygen atoms in total. The Labute approximate surface area is 119 Å². The van der Waals surface area contributed by atoms with Crippen LogP contribution in [0.5, 0.6) is 0 Å². The van der Waals surface area contributed by atoms with E-state index in [0.29, 0.717) is 11.4 Å². The molecule has 106 valence electrons. The van der Waals surface area contributed by atoms with Gasteiger partial charge in [-0.3, -0.25) is 4.72 Å². The molecule has 5 heteroatoms. The lowest BCUT2D eigenvalue weighted by Gasteiger charge is -2.11. The number of anilines is 2. The molecule has 0 saturated heterocycles. The van der Waals surface area contributed by atoms with Crippen molar-refractivity contribution in [3.63, 3.8) is 0 Å². The number of benzene rings is 2. The first-order chi connectivity index (χ1) is 9.42. The molecule has 0 saturated carbocycles. The second-order valence-corrected chi connectivity index (χ2v) is 6.36. The lowest BCUT2D eigenvalue weighted by Crippen LogP contribution is -2.14.